The summed E-state index contributed by atoms with van der Waals surface area (Å²) in [6, 6.07) is 4.34. The highest BCUT2D eigenvalue weighted by Crippen LogP contribution is 2.14. The summed E-state index contributed by atoms with van der Waals surface area (Å²) in [5, 5.41) is 7.79. The minimum absolute atomic E-state index is 0.415. The van der Waals surface area contributed by atoms with Crippen molar-refractivity contribution in [3.63, 3.8) is 0 Å². The Balaban J connectivity index is 1.89. The highest BCUT2D eigenvalue weighted by molar-refractivity contribution is 9.10. The molecule has 2 heterocycles. The van der Waals surface area contributed by atoms with Crippen LogP contribution in [0, 0.1) is 0 Å². The molecular formula is C14H21BrN4. The fourth-order valence-corrected chi connectivity index (χ4v) is 2.42. The van der Waals surface area contributed by atoms with Gasteiger partial charge in [0.2, 0.25) is 5.95 Å². The molecule has 19 heavy (non-hydrogen) atoms. The number of hydrogen-bond donors (Lipinski definition) is 1. The van der Waals surface area contributed by atoms with Gasteiger partial charge < -0.3 is 5.32 Å². The molecule has 104 valence electrons. The molecule has 0 saturated heterocycles. The molecule has 0 spiro atoms. The van der Waals surface area contributed by atoms with Gasteiger partial charge >= 0.3 is 0 Å². The van der Waals surface area contributed by atoms with Gasteiger partial charge in [-0.15, -0.1) is 5.10 Å². The molecule has 0 bridgehead atoms. The SMILES string of the molecule is CCCCCCC(C)Nc1nc2ccc(Br)cn2n1. The topological polar surface area (TPSA) is 42.2 Å². The minimum atomic E-state index is 0.415. The third-order valence-corrected chi connectivity index (χ3v) is 3.63. The Kier molecular flexibility index (Phi) is 5.19. The van der Waals surface area contributed by atoms with E-state index in [0.717, 1.165) is 10.1 Å². The van der Waals surface area contributed by atoms with Gasteiger partial charge in [0.1, 0.15) is 0 Å². The summed E-state index contributed by atoms with van der Waals surface area (Å²) < 4.78 is 2.79. The lowest BCUT2D eigenvalue weighted by Gasteiger charge is -2.11. The molecule has 0 radical (unpaired) electrons. The largest absolute Gasteiger partial charge is 0.350 e. The van der Waals surface area contributed by atoms with Gasteiger partial charge in [-0.25, -0.2) is 4.52 Å². The average Bonchev–Trinajstić information content (AvgIpc) is 2.76. The molecule has 4 nitrogen and oxygen atoms in total. The van der Waals surface area contributed by atoms with Crippen molar-refractivity contribution in [3.05, 3.63) is 22.8 Å². The number of hydrogen-bond acceptors (Lipinski definition) is 3. The van der Waals surface area contributed by atoms with Gasteiger partial charge in [0.25, 0.3) is 0 Å². The van der Waals surface area contributed by atoms with E-state index in [0.29, 0.717) is 12.0 Å². The van der Waals surface area contributed by atoms with E-state index in [1.165, 1.54) is 32.1 Å². The number of aromatic nitrogens is 3. The van der Waals surface area contributed by atoms with Crippen LogP contribution in [0.25, 0.3) is 5.65 Å². The van der Waals surface area contributed by atoms with Crippen LogP contribution in [0.15, 0.2) is 22.8 Å². The summed E-state index contributed by atoms with van der Waals surface area (Å²) in [5.74, 6) is 0.709. The van der Waals surface area contributed by atoms with E-state index in [9.17, 15) is 0 Å². The summed E-state index contributed by atoms with van der Waals surface area (Å²) in [4.78, 5) is 4.46. The van der Waals surface area contributed by atoms with Crippen molar-refractivity contribution in [1.29, 1.82) is 0 Å². The van der Waals surface area contributed by atoms with E-state index < -0.39 is 0 Å². The van der Waals surface area contributed by atoms with E-state index in [4.69, 9.17) is 0 Å². The summed E-state index contributed by atoms with van der Waals surface area (Å²) >= 11 is 3.43. The number of unbranched alkanes of at least 4 members (excludes halogenated alkanes) is 3. The lowest BCUT2D eigenvalue weighted by Crippen LogP contribution is -2.15. The van der Waals surface area contributed by atoms with E-state index in [1.54, 1.807) is 4.52 Å². The molecule has 0 aliphatic carbocycles. The van der Waals surface area contributed by atoms with Crippen LogP contribution >= 0.6 is 15.9 Å². The van der Waals surface area contributed by atoms with Crippen molar-refractivity contribution < 1.29 is 0 Å². The maximum Gasteiger partial charge on any atom is 0.243 e. The van der Waals surface area contributed by atoms with Crippen LogP contribution in [0.1, 0.15) is 46.0 Å². The van der Waals surface area contributed by atoms with Crippen molar-refractivity contribution in [1.82, 2.24) is 14.6 Å². The molecule has 0 aliphatic rings. The summed E-state index contributed by atoms with van der Waals surface area (Å²) in [5.41, 5.74) is 0.865. The first-order valence-electron chi connectivity index (χ1n) is 6.97. The maximum atomic E-state index is 4.46. The number of pyridine rings is 1. The van der Waals surface area contributed by atoms with Crippen LogP contribution in [0.2, 0.25) is 0 Å². The molecule has 5 heteroatoms. The van der Waals surface area contributed by atoms with Crippen molar-refractivity contribution in [2.24, 2.45) is 0 Å². The van der Waals surface area contributed by atoms with Gasteiger partial charge in [0.15, 0.2) is 5.65 Å². The van der Waals surface area contributed by atoms with Crippen LogP contribution in [-0.4, -0.2) is 20.6 Å². The first-order valence-corrected chi connectivity index (χ1v) is 7.77. The highest BCUT2D eigenvalue weighted by atomic mass is 79.9. The number of halogens is 1. The summed E-state index contributed by atoms with van der Waals surface area (Å²) in [7, 11) is 0. The maximum absolute atomic E-state index is 4.46. The lowest BCUT2D eigenvalue weighted by molar-refractivity contribution is 0.591. The lowest BCUT2D eigenvalue weighted by atomic mass is 10.1. The van der Waals surface area contributed by atoms with Gasteiger partial charge in [-0.1, -0.05) is 32.6 Å². The number of anilines is 1. The number of fused-ring (bicyclic) bond motifs is 1. The third kappa shape index (κ3) is 4.20. The molecule has 2 aromatic rings. The molecule has 0 saturated carbocycles. The molecule has 1 unspecified atom stereocenters. The number of nitrogens with one attached hydrogen (secondary N) is 1. The van der Waals surface area contributed by atoms with Gasteiger partial charge in [0, 0.05) is 16.7 Å². The van der Waals surface area contributed by atoms with Crippen LogP contribution in [0.3, 0.4) is 0 Å². The zero-order valence-corrected chi connectivity index (χ0v) is 13.2. The van der Waals surface area contributed by atoms with Crippen molar-refractivity contribution >= 4 is 27.5 Å². The zero-order chi connectivity index (χ0) is 13.7. The van der Waals surface area contributed by atoms with E-state index in [1.807, 2.05) is 18.3 Å². The fraction of sp³-hybridized carbons (Fsp3) is 0.571. The van der Waals surface area contributed by atoms with E-state index in [2.05, 4.69) is 45.2 Å². The van der Waals surface area contributed by atoms with Gasteiger partial charge in [-0.2, -0.15) is 4.98 Å². The zero-order valence-electron chi connectivity index (χ0n) is 11.6. The number of nitrogens with zero attached hydrogens (tertiary/aromatic N) is 3. The Labute approximate surface area is 122 Å². The smallest absolute Gasteiger partial charge is 0.243 e. The second-order valence-corrected chi connectivity index (χ2v) is 5.90. The molecule has 1 N–H and O–H groups in total. The van der Waals surface area contributed by atoms with Crippen molar-refractivity contribution in [2.45, 2.75) is 52.0 Å². The minimum Gasteiger partial charge on any atom is -0.350 e. The Hall–Kier alpha value is -1.10. The Morgan fingerprint density at radius 3 is 2.95 bits per heavy atom. The monoisotopic (exact) mass is 324 g/mol. The van der Waals surface area contributed by atoms with Crippen LogP contribution in [-0.2, 0) is 0 Å². The van der Waals surface area contributed by atoms with E-state index in [-0.39, 0.29) is 0 Å². The molecule has 1 atom stereocenters. The van der Waals surface area contributed by atoms with Gasteiger partial charge in [-0.05, 0) is 41.4 Å². The average molecular weight is 325 g/mol. The standard InChI is InChI=1S/C14H21BrN4/c1-3-4-5-6-7-11(2)16-14-17-13-9-8-12(15)10-19(13)18-14/h8-11H,3-7H2,1-2H3,(H,16,18). The Bertz CT molecular complexity index is 523. The molecular weight excluding hydrogens is 304 g/mol. The molecule has 2 rings (SSSR count). The third-order valence-electron chi connectivity index (χ3n) is 3.16. The molecule has 0 fully saturated rings. The van der Waals surface area contributed by atoms with E-state index >= 15 is 0 Å². The first kappa shape index (κ1) is 14.3. The van der Waals surface area contributed by atoms with Gasteiger partial charge in [-0.3, -0.25) is 0 Å². The Morgan fingerprint density at radius 2 is 2.16 bits per heavy atom. The van der Waals surface area contributed by atoms with Crippen LogP contribution in [0.5, 0.6) is 0 Å². The predicted molar refractivity (Wildman–Crippen MR) is 82.5 cm³/mol. The molecule has 0 aromatic carbocycles. The summed E-state index contributed by atoms with van der Waals surface area (Å²) in [6.45, 7) is 4.42. The second-order valence-electron chi connectivity index (χ2n) is 4.98. The molecule has 0 amide bonds. The predicted octanol–water partition coefficient (Wildman–Crippen LogP) is 4.26. The first-order chi connectivity index (χ1) is 9.19. The Morgan fingerprint density at radius 1 is 1.32 bits per heavy atom. The van der Waals surface area contributed by atoms with Crippen molar-refractivity contribution in [2.75, 3.05) is 5.32 Å². The van der Waals surface area contributed by atoms with Crippen molar-refractivity contribution in [3.8, 4) is 0 Å². The second kappa shape index (κ2) is 6.89. The fourth-order valence-electron chi connectivity index (χ4n) is 2.09. The molecule has 2 aromatic heterocycles. The quantitative estimate of drug-likeness (QED) is 0.773. The molecule has 0 aliphatic heterocycles. The highest BCUT2D eigenvalue weighted by Gasteiger charge is 2.07. The summed E-state index contributed by atoms with van der Waals surface area (Å²) in [6.07, 6.45) is 8.27. The number of rotatable bonds is 7. The van der Waals surface area contributed by atoms with Gasteiger partial charge in [0.05, 0.1) is 0 Å². The normalized spacial score (nSPS) is 12.8. The van der Waals surface area contributed by atoms with Crippen LogP contribution in [0.4, 0.5) is 5.95 Å². The van der Waals surface area contributed by atoms with Crippen LogP contribution < -0.4 is 5.32 Å².